The van der Waals surface area contributed by atoms with Crippen LogP contribution < -0.4 is 0 Å². The second-order valence-corrected chi connectivity index (χ2v) is 5.22. The Morgan fingerprint density at radius 1 is 1.21 bits per heavy atom. The Balaban J connectivity index is 1.99. The molecule has 1 heterocycles. The lowest BCUT2D eigenvalue weighted by Crippen LogP contribution is -2.06. The molecule has 0 amide bonds. The summed E-state index contributed by atoms with van der Waals surface area (Å²) >= 11 is 6.00. The Morgan fingerprint density at radius 3 is 2.58 bits per heavy atom. The van der Waals surface area contributed by atoms with Gasteiger partial charge >= 0.3 is 5.97 Å². The number of aliphatic imine (C=N–C) groups is 1. The molecule has 0 bridgehead atoms. The second kappa shape index (κ2) is 6.21. The largest absolute Gasteiger partial charge is 0.402 e. The zero-order valence-electron chi connectivity index (χ0n) is 11.9. The second-order valence-electron chi connectivity index (χ2n) is 4.81. The number of esters is 1. The van der Waals surface area contributed by atoms with Crippen LogP contribution in [-0.2, 0) is 9.53 Å². The minimum absolute atomic E-state index is 0.0146. The van der Waals surface area contributed by atoms with Gasteiger partial charge in [-0.15, -0.1) is 0 Å². The Morgan fingerprint density at radius 2 is 1.92 bits per heavy atom. The normalized spacial score (nSPS) is 15.3. The summed E-state index contributed by atoms with van der Waals surface area (Å²) in [7, 11) is 0. The zero-order valence-corrected chi connectivity index (χ0v) is 12.7. The van der Waals surface area contributed by atoms with Crippen molar-refractivity contribution in [3.8, 4) is 0 Å². The standard InChI is InChI=1S/C16H8ClFN2O4/c17-13-6-5-11(20(22)23)8-12(13)15-19-14(16(21)24-15)7-9-1-3-10(18)4-2-9/h1-8H/b14-7-. The average molecular weight is 347 g/mol. The summed E-state index contributed by atoms with van der Waals surface area (Å²) in [5.41, 5.74) is 0.475. The maximum absolute atomic E-state index is 12.9. The first-order valence-corrected chi connectivity index (χ1v) is 7.04. The fourth-order valence-electron chi connectivity index (χ4n) is 2.03. The smallest absolute Gasteiger partial charge is 0.363 e. The Bertz CT molecular complexity index is 907. The van der Waals surface area contributed by atoms with E-state index in [4.69, 9.17) is 16.3 Å². The molecule has 120 valence electrons. The van der Waals surface area contributed by atoms with Gasteiger partial charge in [-0.05, 0) is 29.8 Å². The number of cyclic esters (lactones) is 1. The van der Waals surface area contributed by atoms with E-state index in [-0.39, 0.29) is 27.9 Å². The molecular formula is C16H8ClFN2O4. The molecule has 8 heteroatoms. The fraction of sp³-hybridized carbons (Fsp3) is 0. The van der Waals surface area contributed by atoms with Crippen molar-refractivity contribution >= 4 is 35.2 Å². The van der Waals surface area contributed by atoms with Crippen LogP contribution in [0.25, 0.3) is 6.08 Å². The van der Waals surface area contributed by atoms with Gasteiger partial charge < -0.3 is 4.74 Å². The van der Waals surface area contributed by atoms with E-state index >= 15 is 0 Å². The highest BCUT2D eigenvalue weighted by Crippen LogP contribution is 2.27. The van der Waals surface area contributed by atoms with Crippen molar-refractivity contribution in [2.45, 2.75) is 0 Å². The number of rotatable bonds is 3. The predicted octanol–water partition coefficient (Wildman–Crippen LogP) is 3.73. The SMILES string of the molecule is O=C1OC(c2cc([N+](=O)[O-])ccc2Cl)=N/C1=C\c1ccc(F)cc1. The highest BCUT2D eigenvalue weighted by Gasteiger charge is 2.27. The summed E-state index contributed by atoms with van der Waals surface area (Å²) in [6.45, 7) is 0. The number of nitro groups is 1. The van der Waals surface area contributed by atoms with E-state index in [0.717, 1.165) is 0 Å². The number of carbonyl (C=O) groups excluding carboxylic acids is 1. The lowest BCUT2D eigenvalue weighted by molar-refractivity contribution is -0.384. The van der Waals surface area contributed by atoms with Gasteiger partial charge in [0.1, 0.15) is 5.82 Å². The first-order valence-electron chi connectivity index (χ1n) is 6.66. The number of nitrogens with zero attached hydrogens (tertiary/aromatic N) is 2. The van der Waals surface area contributed by atoms with Crippen LogP contribution in [0.5, 0.6) is 0 Å². The first kappa shape index (κ1) is 15.8. The summed E-state index contributed by atoms with van der Waals surface area (Å²) < 4.78 is 17.9. The van der Waals surface area contributed by atoms with E-state index in [0.29, 0.717) is 5.56 Å². The maximum atomic E-state index is 12.9. The molecule has 0 fully saturated rings. The molecule has 24 heavy (non-hydrogen) atoms. The van der Waals surface area contributed by atoms with Crippen molar-refractivity contribution in [2.24, 2.45) is 4.99 Å². The third-order valence-corrected chi connectivity index (χ3v) is 3.51. The summed E-state index contributed by atoms with van der Waals surface area (Å²) in [5.74, 6) is -1.25. The summed E-state index contributed by atoms with van der Waals surface area (Å²) in [5, 5.41) is 11.0. The third kappa shape index (κ3) is 3.16. The number of benzene rings is 2. The maximum Gasteiger partial charge on any atom is 0.363 e. The van der Waals surface area contributed by atoms with Crippen LogP contribution >= 0.6 is 11.6 Å². The highest BCUT2D eigenvalue weighted by molar-refractivity contribution is 6.34. The van der Waals surface area contributed by atoms with Crippen molar-refractivity contribution in [3.05, 3.63) is 80.2 Å². The van der Waals surface area contributed by atoms with Crippen LogP contribution in [0.4, 0.5) is 10.1 Å². The van der Waals surface area contributed by atoms with E-state index in [1.165, 1.54) is 48.5 Å². The van der Waals surface area contributed by atoms with Crippen LogP contribution in [-0.4, -0.2) is 16.8 Å². The molecule has 0 unspecified atom stereocenters. The number of nitro benzene ring substituents is 1. The van der Waals surface area contributed by atoms with Crippen LogP contribution in [0.3, 0.4) is 0 Å². The van der Waals surface area contributed by atoms with Crippen LogP contribution in [0.15, 0.2) is 53.2 Å². The molecule has 0 saturated carbocycles. The molecule has 2 aromatic rings. The molecule has 0 radical (unpaired) electrons. The van der Waals surface area contributed by atoms with Crippen molar-refractivity contribution in [1.82, 2.24) is 0 Å². The quantitative estimate of drug-likeness (QED) is 0.367. The third-order valence-electron chi connectivity index (χ3n) is 3.19. The molecule has 3 rings (SSSR count). The topological polar surface area (TPSA) is 81.8 Å². The van der Waals surface area contributed by atoms with Crippen LogP contribution in [0.2, 0.25) is 5.02 Å². The van der Waals surface area contributed by atoms with E-state index in [1.54, 1.807) is 0 Å². The van der Waals surface area contributed by atoms with Gasteiger partial charge in [-0.3, -0.25) is 10.1 Å². The van der Waals surface area contributed by atoms with E-state index in [1.807, 2.05) is 0 Å². The van der Waals surface area contributed by atoms with Crippen molar-refractivity contribution in [2.75, 3.05) is 0 Å². The van der Waals surface area contributed by atoms with Gasteiger partial charge in [-0.2, -0.15) is 0 Å². The first-order chi connectivity index (χ1) is 11.4. The van der Waals surface area contributed by atoms with Gasteiger partial charge in [0.05, 0.1) is 15.5 Å². The monoisotopic (exact) mass is 346 g/mol. The van der Waals surface area contributed by atoms with E-state index in [2.05, 4.69) is 4.99 Å². The molecule has 0 spiro atoms. The molecule has 0 saturated heterocycles. The van der Waals surface area contributed by atoms with Crippen LogP contribution in [0, 0.1) is 15.9 Å². The summed E-state index contributed by atoms with van der Waals surface area (Å²) in [6, 6.07) is 9.18. The number of halogens is 2. The minimum atomic E-state index is -0.725. The summed E-state index contributed by atoms with van der Waals surface area (Å²) in [4.78, 5) is 26.2. The Labute approximate surface area is 140 Å². The Hall–Kier alpha value is -3.06. The fourth-order valence-corrected chi connectivity index (χ4v) is 2.23. The van der Waals surface area contributed by atoms with Crippen molar-refractivity contribution in [3.63, 3.8) is 0 Å². The van der Waals surface area contributed by atoms with Gasteiger partial charge in [-0.1, -0.05) is 23.7 Å². The number of carbonyl (C=O) groups is 1. The zero-order chi connectivity index (χ0) is 17.3. The number of non-ortho nitro benzene ring substituents is 1. The number of hydrogen-bond acceptors (Lipinski definition) is 5. The number of ether oxygens (including phenoxy) is 1. The van der Waals surface area contributed by atoms with Gasteiger partial charge in [-0.25, -0.2) is 14.2 Å². The molecule has 6 nitrogen and oxygen atoms in total. The molecular weight excluding hydrogens is 339 g/mol. The van der Waals surface area contributed by atoms with Gasteiger partial charge in [0, 0.05) is 12.1 Å². The number of hydrogen-bond donors (Lipinski definition) is 0. The molecule has 0 atom stereocenters. The predicted molar refractivity (Wildman–Crippen MR) is 85.1 cm³/mol. The molecule has 1 aliphatic heterocycles. The van der Waals surface area contributed by atoms with Crippen molar-refractivity contribution in [1.29, 1.82) is 0 Å². The molecule has 0 aromatic heterocycles. The van der Waals surface area contributed by atoms with E-state index in [9.17, 15) is 19.3 Å². The van der Waals surface area contributed by atoms with E-state index < -0.39 is 16.7 Å². The van der Waals surface area contributed by atoms with Gasteiger partial charge in [0.15, 0.2) is 5.70 Å². The highest BCUT2D eigenvalue weighted by atomic mass is 35.5. The van der Waals surface area contributed by atoms with Gasteiger partial charge in [0.2, 0.25) is 5.90 Å². The molecule has 2 aromatic carbocycles. The summed E-state index contributed by atoms with van der Waals surface area (Å²) in [6.07, 6.45) is 1.42. The lowest BCUT2D eigenvalue weighted by Gasteiger charge is -2.02. The lowest BCUT2D eigenvalue weighted by atomic mass is 10.2. The minimum Gasteiger partial charge on any atom is -0.402 e. The molecule has 0 aliphatic carbocycles. The van der Waals surface area contributed by atoms with Crippen molar-refractivity contribution < 1.29 is 18.8 Å². The van der Waals surface area contributed by atoms with Crippen LogP contribution in [0.1, 0.15) is 11.1 Å². The van der Waals surface area contributed by atoms with Gasteiger partial charge in [0.25, 0.3) is 5.69 Å². The Kier molecular flexibility index (Phi) is 4.09. The average Bonchev–Trinajstić information content (AvgIpc) is 2.90. The molecule has 0 N–H and O–H groups in total. The molecule has 1 aliphatic rings.